The predicted molar refractivity (Wildman–Crippen MR) is 90.5 cm³/mol. The summed E-state index contributed by atoms with van der Waals surface area (Å²) in [6.45, 7) is 5.57. The van der Waals surface area contributed by atoms with Crippen LogP contribution in [0, 0.1) is 13.8 Å². The van der Waals surface area contributed by atoms with Crippen molar-refractivity contribution >= 4 is 21.8 Å². The Hall–Kier alpha value is -1.45. The Morgan fingerprint density at radius 2 is 2.04 bits per heavy atom. The molecule has 0 aromatic carbocycles. The van der Waals surface area contributed by atoms with Crippen LogP contribution in [0.1, 0.15) is 11.3 Å². The summed E-state index contributed by atoms with van der Waals surface area (Å²) < 4.78 is 30.4. The van der Waals surface area contributed by atoms with Crippen molar-refractivity contribution in [3.63, 3.8) is 0 Å². The Bertz CT molecular complexity index is 663. The molecule has 1 fully saturated rings. The summed E-state index contributed by atoms with van der Waals surface area (Å²) >= 11 is 0. The zero-order chi connectivity index (χ0) is 17.2. The molecule has 2 heterocycles. The van der Waals surface area contributed by atoms with Crippen LogP contribution in [0.4, 0.5) is 11.8 Å². The summed E-state index contributed by atoms with van der Waals surface area (Å²) in [6, 6.07) is 0. The number of morpholine rings is 1. The van der Waals surface area contributed by atoms with Crippen LogP contribution in [0.25, 0.3) is 0 Å². The normalized spacial score (nSPS) is 19.6. The molecular formula is C14H25N5O3S. The van der Waals surface area contributed by atoms with Crippen molar-refractivity contribution < 1.29 is 13.2 Å². The highest BCUT2D eigenvalue weighted by atomic mass is 32.2. The number of hydrogen-bond acceptors (Lipinski definition) is 7. The third-order valence-electron chi connectivity index (χ3n) is 3.85. The van der Waals surface area contributed by atoms with E-state index in [-0.39, 0.29) is 6.10 Å². The van der Waals surface area contributed by atoms with E-state index in [2.05, 4.69) is 15.3 Å². The number of sulfonamides is 1. The first-order chi connectivity index (χ1) is 10.7. The molecule has 9 heteroatoms. The zero-order valence-corrected chi connectivity index (χ0v) is 15.1. The van der Waals surface area contributed by atoms with E-state index in [4.69, 9.17) is 4.74 Å². The van der Waals surface area contributed by atoms with Gasteiger partial charge in [0, 0.05) is 45.0 Å². The smallest absolute Gasteiger partial charge is 0.227 e. The summed E-state index contributed by atoms with van der Waals surface area (Å²) in [7, 11) is 0.601. The molecule has 1 saturated heterocycles. The minimum Gasteiger partial charge on any atom is -0.374 e. The molecule has 0 radical (unpaired) electrons. The molecule has 1 unspecified atom stereocenters. The molecule has 0 aliphatic carbocycles. The lowest BCUT2D eigenvalue weighted by atomic mass is 10.2. The molecule has 1 aromatic heterocycles. The van der Waals surface area contributed by atoms with Gasteiger partial charge in [0.25, 0.3) is 0 Å². The fourth-order valence-corrected chi connectivity index (χ4v) is 3.16. The van der Waals surface area contributed by atoms with E-state index in [1.54, 1.807) is 0 Å². The van der Waals surface area contributed by atoms with Gasteiger partial charge < -0.3 is 15.0 Å². The van der Waals surface area contributed by atoms with Crippen molar-refractivity contribution in [3.05, 3.63) is 11.3 Å². The molecule has 23 heavy (non-hydrogen) atoms. The van der Waals surface area contributed by atoms with Crippen LogP contribution in [0.15, 0.2) is 0 Å². The van der Waals surface area contributed by atoms with Gasteiger partial charge in [-0.2, -0.15) is 9.29 Å². The predicted octanol–water partition coefficient (Wildman–Crippen LogP) is 0.232. The van der Waals surface area contributed by atoms with E-state index in [1.165, 1.54) is 10.6 Å². The van der Waals surface area contributed by atoms with Crippen molar-refractivity contribution in [3.8, 4) is 0 Å². The maximum atomic E-state index is 11.6. The van der Waals surface area contributed by atoms with E-state index < -0.39 is 10.0 Å². The molecular weight excluding hydrogens is 318 g/mol. The molecule has 1 aliphatic heterocycles. The number of aryl methyl sites for hydroxylation is 1. The molecule has 0 spiro atoms. The van der Waals surface area contributed by atoms with Crippen molar-refractivity contribution in [2.45, 2.75) is 20.0 Å². The van der Waals surface area contributed by atoms with Gasteiger partial charge in [-0.1, -0.05) is 0 Å². The zero-order valence-electron chi connectivity index (χ0n) is 14.3. The maximum Gasteiger partial charge on any atom is 0.227 e. The summed E-state index contributed by atoms with van der Waals surface area (Å²) in [5.41, 5.74) is 1.89. The van der Waals surface area contributed by atoms with Crippen LogP contribution in [0.2, 0.25) is 0 Å². The molecule has 1 N–H and O–H groups in total. The largest absolute Gasteiger partial charge is 0.374 e. The SMILES string of the molecule is Cc1nc(N(C)C)nc(NCC2CN(S(C)(=O)=O)CCO2)c1C. The van der Waals surface area contributed by atoms with Crippen molar-refractivity contribution in [2.75, 3.05) is 56.8 Å². The second kappa shape index (κ2) is 6.98. The first-order valence-electron chi connectivity index (χ1n) is 7.51. The number of nitrogens with one attached hydrogen (secondary N) is 1. The fraction of sp³-hybridized carbons (Fsp3) is 0.714. The second-order valence-electron chi connectivity index (χ2n) is 5.97. The van der Waals surface area contributed by atoms with Gasteiger partial charge >= 0.3 is 0 Å². The average molecular weight is 343 g/mol. The van der Waals surface area contributed by atoms with Gasteiger partial charge in [0.05, 0.1) is 19.0 Å². The van der Waals surface area contributed by atoms with Crippen molar-refractivity contribution in [2.24, 2.45) is 0 Å². The third-order valence-corrected chi connectivity index (χ3v) is 5.11. The molecule has 1 atom stereocenters. The van der Waals surface area contributed by atoms with Crippen LogP contribution < -0.4 is 10.2 Å². The quantitative estimate of drug-likeness (QED) is 0.819. The summed E-state index contributed by atoms with van der Waals surface area (Å²) in [6.07, 6.45) is 1.03. The molecule has 130 valence electrons. The molecule has 0 amide bonds. The summed E-state index contributed by atoms with van der Waals surface area (Å²) in [4.78, 5) is 10.8. The minimum absolute atomic E-state index is 0.198. The molecule has 1 aliphatic rings. The molecule has 1 aromatic rings. The van der Waals surface area contributed by atoms with Crippen molar-refractivity contribution in [1.82, 2.24) is 14.3 Å². The van der Waals surface area contributed by atoms with Crippen LogP contribution >= 0.6 is 0 Å². The minimum atomic E-state index is -3.18. The lowest BCUT2D eigenvalue weighted by Gasteiger charge is -2.31. The lowest BCUT2D eigenvalue weighted by molar-refractivity contribution is 0.00700. The first kappa shape index (κ1) is 17.9. The molecule has 2 rings (SSSR count). The number of rotatable bonds is 5. The van der Waals surface area contributed by atoms with Crippen molar-refractivity contribution in [1.29, 1.82) is 0 Å². The van der Waals surface area contributed by atoms with Gasteiger partial charge in [0.15, 0.2) is 0 Å². The molecule has 0 bridgehead atoms. The van der Waals surface area contributed by atoms with E-state index in [0.29, 0.717) is 32.2 Å². The summed E-state index contributed by atoms with van der Waals surface area (Å²) in [5.74, 6) is 1.39. The van der Waals surface area contributed by atoms with E-state index >= 15 is 0 Å². The van der Waals surface area contributed by atoms with Crippen LogP contribution in [-0.2, 0) is 14.8 Å². The number of hydrogen-bond donors (Lipinski definition) is 1. The van der Waals surface area contributed by atoms with Gasteiger partial charge in [-0.25, -0.2) is 13.4 Å². The maximum absolute atomic E-state index is 11.6. The Morgan fingerprint density at radius 3 is 2.65 bits per heavy atom. The molecule has 0 saturated carbocycles. The highest BCUT2D eigenvalue weighted by Gasteiger charge is 2.26. The fourth-order valence-electron chi connectivity index (χ4n) is 2.31. The Morgan fingerprint density at radius 1 is 1.35 bits per heavy atom. The van der Waals surface area contributed by atoms with E-state index in [1.807, 2.05) is 32.8 Å². The highest BCUT2D eigenvalue weighted by Crippen LogP contribution is 2.19. The number of aromatic nitrogens is 2. The van der Waals surface area contributed by atoms with E-state index in [0.717, 1.165) is 17.1 Å². The van der Waals surface area contributed by atoms with Crippen LogP contribution in [-0.4, -0.2) is 75.4 Å². The second-order valence-corrected chi connectivity index (χ2v) is 7.95. The van der Waals surface area contributed by atoms with Gasteiger partial charge in [0.2, 0.25) is 16.0 Å². The first-order valence-corrected chi connectivity index (χ1v) is 9.36. The van der Waals surface area contributed by atoms with Gasteiger partial charge in [-0.05, 0) is 13.8 Å². The van der Waals surface area contributed by atoms with Gasteiger partial charge in [-0.15, -0.1) is 0 Å². The Kier molecular flexibility index (Phi) is 5.43. The van der Waals surface area contributed by atoms with Crippen LogP contribution in [0.3, 0.4) is 0 Å². The Labute approximate surface area is 137 Å². The Balaban J connectivity index is 2.06. The summed E-state index contributed by atoms with van der Waals surface area (Å²) in [5, 5.41) is 3.27. The third kappa shape index (κ3) is 4.52. The van der Waals surface area contributed by atoms with Gasteiger partial charge in [0.1, 0.15) is 5.82 Å². The molecule has 8 nitrogen and oxygen atoms in total. The number of ether oxygens (including phenoxy) is 1. The standard InChI is InChI=1S/C14H25N5O3S/c1-10-11(2)16-14(18(3)4)17-13(10)15-8-12-9-19(6-7-22-12)23(5,20)21/h12H,6-9H2,1-5H3,(H,15,16,17). The monoisotopic (exact) mass is 343 g/mol. The lowest BCUT2D eigenvalue weighted by Crippen LogP contribution is -2.47. The highest BCUT2D eigenvalue weighted by molar-refractivity contribution is 7.88. The van der Waals surface area contributed by atoms with E-state index in [9.17, 15) is 8.42 Å². The van der Waals surface area contributed by atoms with Crippen LogP contribution in [0.5, 0.6) is 0 Å². The number of anilines is 2. The topological polar surface area (TPSA) is 87.7 Å². The average Bonchev–Trinajstić information content (AvgIpc) is 2.48. The van der Waals surface area contributed by atoms with Gasteiger partial charge in [-0.3, -0.25) is 0 Å². The number of nitrogens with zero attached hydrogens (tertiary/aromatic N) is 4.